The van der Waals surface area contributed by atoms with Crippen LogP contribution in [0.15, 0.2) is 65.5 Å². The fourth-order valence-corrected chi connectivity index (χ4v) is 4.30. The minimum absolute atomic E-state index is 0.0367. The maximum atomic E-state index is 13.5. The van der Waals surface area contributed by atoms with Crippen molar-refractivity contribution in [3.8, 4) is 28.7 Å². The number of aromatic nitrogens is 1. The van der Waals surface area contributed by atoms with E-state index in [1.807, 2.05) is 18.2 Å². The van der Waals surface area contributed by atoms with E-state index in [0.29, 0.717) is 45.5 Å². The first-order valence-electron chi connectivity index (χ1n) is 11.8. The molecule has 0 radical (unpaired) electrons. The molecule has 5 rings (SSSR count). The Morgan fingerprint density at radius 2 is 1.63 bits per heavy atom. The largest absolute Gasteiger partial charge is 0.495 e. The number of ether oxygens (including phenoxy) is 5. The average molecular weight is 518 g/mol. The minimum atomic E-state index is -0.404. The number of aromatic amines is 1. The number of nitrogens with zero attached hydrogens (tertiary/aromatic N) is 1. The van der Waals surface area contributed by atoms with Gasteiger partial charge in [0.2, 0.25) is 6.79 Å². The monoisotopic (exact) mass is 517 g/mol. The summed E-state index contributed by atoms with van der Waals surface area (Å²) in [5.74, 6) is 2.81. The molecular weight excluding hydrogens is 490 g/mol. The van der Waals surface area contributed by atoms with Gasteiger partial charge in [0.25, 0.3) is 5.56 Å². The Hall–Kier alpha value is -4.86. The Morgan fingerprint density at radius 3 is 2.42 bits per heavy atom. The Labute approximate surface area is 218 Å². The fourth-order valence-electron chi connectivity index (χ4n) is 4.30. The van der Waals surface area contributed by atoms with Gasteiger partial charge in [-0.2, -0.15) is 0 Å². The van der Waals surface area contributed by atoms with E-state index >= 15 is 0 Å². The lowest BCUT2D eigenvalue weighted by molar-refractivity contribution is 0.174. The van der Waals surface area contributed by atoms with E-state index in [2.05, 4.69) is 10.3 Å². The number of urea groups is 1. The molecule has 1 aromatic heterocycles. The van der Waals surface area contributed by atoms with Crippen molar-refractivity contribution in [2.75, 3.05) is 33.4 Å². The Kier molecular flexibility index (Phi) is 6.94. The van der Waals surface area contributed by atoms with Gasteiger partial charge in [0.05, 0.1) is 39.1 Å². The number of fused-ring (bicyclic) bond motifs is 2. The summed E-state index contributed by atoms with van der Waals surface area (Å²) in [7, 11) is 4.61. The zero-order chi connectivity index (χ0) is 26.6. The van der Waals surface area contributed by atoms with Crippen LogP contribution in [0.4, 0.5) is 10.5 Å². The fraction of sp³-hybridized carbons (Fsp3) is 0.214. The normalized spacial score (nSPS) is 11.8. The third-order valence-electron chi connectivity index (χ3n) is 6.23. The Morgan fingerprint density at radius 1 is 0.895 bits per heavy atom. The van der Waals surface area contributed by atoms with E-state index in [4.69, 9.17) is 23.7 Å². The predicted octanol–water partition coefficient (Wildman–Crippen LogP) is 4.52. The van der Waals surface area contributed by atoms with Gasteiger partial charge < -0.3 is 38.9 Å². The van der Waals surface area contributed by atoms with Crippen LogP contribution in [0, 0.1) is 0 Å². The van der Waals surface area contributed by atoms with Crippen molar-refractivity contribution in [2.24, 2.45) is 0 Å². The summed E-state index contributed by atoms with van der Waals surface area (Å²) in [5, 5.41) is 3.64. The van der Waals surface area contributed by atoms with E-state index in [-0.39, 0.29) is 25.4 Å². The van der Waals surface area contributed by atoms with Crippen molar-refractivity contribution in [2.45, 2.75) is 13.1 Å². The maximum absolute atomic E-state index is 13.5. The van der Waals surface area contributed by atoms with Crippen molar-refractivity contribution in [3.63, 3.8) is 0 Å². The van der Waals surface area contributed by atoms with Crippen LogP contribution in [0.2, 0.25) is 0 Å². The molecule has 0 fully saturated rings. The van der Waals surface area contributed by atoms with Gasteiger partial charge in [-0.1, -0.05) is 18.2 Å². The Balaban J connectivity index is 1.49. The summed E-state index contributed by atoms with van der Waals surface area (Å²) >= 11 is 0. The smallest absolute Gasteiger partial charge is 0.322 e. The quantitative estimate of drug-likeness (QED) is 0.354. The molecule has 4 aromatic rings. The molecule has 196 valence electrons. The summed E-state index contributed by atoms with van der Waals surface area (Å²) in [4.78, 5) is 31.0. The number of carbonyl (C=O) groups excluding carboxylic acids is 1. The number of carbonyl (C=O) groups is 1. The molecule has 0 spiro atoms. The summed E-state index contributed by atoms with van der Waals surface area (Å²) in [5.41, 5.74) is 2.01. The molecule has 0 saturated carbocycles. The van der Waals surface area contributed by atoms with Gasteiger partial charge in [-0.05, 0) is 42.0 Å². The van der Waals surface area contributed by atoms with E-state index in [1.54, 1.807) is 54.5 Å². The molecule has 0 bridgehead atoms. The first kappa shape index (κ1) is 24.8. The van der Waals surface area contributed by atoms with Crippen LogP contribution in [0.25, 0.3) is 10.9 Å². The Bertz CT molecular complexity index is 1550. The molecule has 0 saturated heterocycles. The highest BCUT2D eigenvalue weighted by molar-refractivity contribution is 5.91. The second-order valence-corrected chi connectivity index (χ2v) is 8.59. The van der Waals surface area contributed by atoms with Crippen molar-refractivity contribution in [1.29, 1.82) is 0 Å². The number of benzene rings is 3. The number of hydrogen-bond donors (Lipinski definition) is 2. The van der Waals surface area contributed by atoms with Crippen molar-refractivity contribution < 1.29 is 28.5 Å². The summed E-state index contributed by atoms with van der Waals surface area (Å²) in [6, 6.07) is 17.4. The maximum Gasteiger partial charge on any atom is 0.322 e. The zero-order valence-corrected chi connectivity index (χ0v) is 21.2. The third kappa shape index (κ3) is 5.01. The van der Waals surface area contributed by atoms with Crippen LogP contribution >= 0.6 is 0 Å². The summed E-state index contributed by atoms with van der Waals surface area (Å²) in [6.07, 6.45) is 0. The van der Waals surface area contributed by atoms with Crippen LogP contribution in [0.5, 0.6) is 28.7 Å². The van der Waals surface area contributed by atoms with E-state index in [9.17, 15) is 9.59 Å². The molecule has 2 N–H and O–H groups in total. The van der Waals surface area contributed by atoms with Crippen molar-refractivity contribution in [3.05, 3.63) is 82.1 Å². The predicted molar refractivity (Wildman–Crippen MR) is 141 cm³/mol. The van der Waals surface area contributed by atoms with E-state index < -0.39 is 6.03 Å². The SMILES string of the molecule is COc1ccccc1NC(=O)N(Cc1ccc2c(c1)OCO2)Cc1cc2cc(OC)c(OC)cc2[nH]c1=O. The van der Waals surface area contributed by atoms with Gasteiger partial charge in [-0.25, -0.2) is 4.79 Å². The molecule has 0 aliphatic carbocycles. The van der Waals surface area contributed by atoms with Gasteiger partial charge >= 0.3 is 6.03 Å². The van der Waals surface area contributed by atoms with Gasteiger partial charge in [0.15, 0.2) is 23.0 Å². The van der Waals surface area contributed by atoms with Crippen LogP contribution in [-0.4, -0.2) is 44.0 Å². The van der Waals surface area contributed by atoms with E-state index in [0.717, 1.165) is 10.9 Å². The molecule has 10 nitrogen and oxygen atoms in total. The van der Waals surface area contributed by atoms with E-state index in [1.165, 1.54) is 14.2 Å². The molecule has 2 heterocycles. The number of para-hydroxylation sites is 2. The second-order valence-electron chi connectivity index (χ2n) is 8.59. The van der Waals surface area contributed by atoms with Gasteiger partial charge in [-0.3, -0.25) is 4.79 Å². The number of hydrogen-bond acceptors (Lipinski definition) is 7. The van der Waals surface area contributed by atoms with Gasteiger partial charge in [0.1, 0.15) is 5.75 Å². The molecular formula is C28H27N3O7. The molecule has 38 heavy (non-hydrogen) atoms. The number of pyridine rings is 1. The highest BCUT2D eigenvalue weighted by Gasteiger charge is 2.21. The molecule has 3 aromatic carbocycles. The lowest BCUT2D eigenvalue weighted by Gasteiger charge is -2.24. The number of methoxy groups -OCH3 is 3. The van der Waals surface area contributed by atoms with Crippen LogP contribution < -0.4 is 34.6 Å². The molecule has 0 unspecified atom stereocenters. The lowest BCUT2D eigenvalue weighted by Crippen LogP contribution is -2.35. The highest BCUT2D eigenvalue weighted by Crippen LogP contribution is 2.34. The average Bonchev–Trinajstić information content (AvgIpc) is 3.40. The number of H-pyrrole nitrogens is 1. The molecule has 1 aliphatic heterocycles. The number of amides is 2. The first-order chi connectivity index (χ1) is 18.5. The first-order valence-corrected chi connectivity index (χ1v) is 11.8. The second kappa shape index (κ2) is 10.6. The topological polar surface area (TPSA) is 111 Å². The summed E-state index contributed by atoms with van der Waals surface area (Å²) in [6.45, 7) is 0.396. The van der Waals surface area contributed by atoms with Gasteiger partial charge in [0, 0.05) is 23.6 Å². The van der Waals surface area contributed by atoms with Crippen molar-refractivity contribution >= 4 is 22.6 Å². The zero-order valence-electron chi connectivity index (χ0n) is 21.2. The molecule has 10 heteroatoms. The minimum Gasteiger partial charge on any atom is -0.495 e. The van der Waals surface area contributed by atoms with Crippen LogP contribution in [0.1, 0.15) is 11.1 Å². The van der Waals surface area contributed by atoms with Crippen molar-refractivity contribution in [1.82, 2.24) is 9.88 Å². The molecule has 2 amide bonds. The highest BCUT2D eigenvalue weighted by atomic mass is 16.7. The number of anilines is 1. The standard InChI is InChI=1S/C28H27N3O7/c1-34-22-7-5-4-6-20(22)30-28(33)31(14-17-8-9-23-26(10-17)38-16-37-23)15-19-11-18-12-24(35-2)25(36-3)13-21(18)29-27(19)32/h4-13H,14-16H2,1-3H3,(H,29,32)(H,30,33). The number of rotatable bonds is 8. The third-order valence-corrected chi connectivity index (χ3v) is 6.23. The molecule has 0 atom stereocenters. The van der Waals surface area contributed by atoms with Gasteiger partial charge in [-0.15, -0.1) is 0 Å². The lowest BCUT2D eigenvalue weighted by atomic mass is 10.1. The van der Waals surface area contributed by atoms with Crippen LogP contribution in [-0.2, 0) is 13.1 Å². The van der Waals surface area contributed by atoms with Crippen LogP contribution in [0.3, 0.4) is 0 Å². The number of nitrogens with one attached hydrogen (secondary N) is 2. The molecule has 1 aliphatic rings. The summed E-state index contributed by atoms with van der Waals surface area (Å²) < 4.78 is 27.0.